The normalized spacial score (nSPS) is 16.3. The molecule has 0 bridgehead atoms. The van der Waals surface area contributed by atoms with Crippen LogP contribution in [0.5, 0.6) is 0 Å². The lowest BCUT2D eigenvalue weighted by atomic mass is 10.0. The number of nitrogens with two attached hydrogens (primary N) is 1. The number of nitrogens with zero attached hydrogens (tertiary/aromatic N) is 2. The topological polar surface area (TPSA) is 117 Å². The fourth-order valence-electron chi connectivity index (χ4n) is 4.31. The van der Waals surface area contributed by atoms with Crippen LogP contribution in [0.1, 0.15) is 36.9 Å². The monoisotopic (exact) mass is 479 g/mol. The molecule has 1 aliphatic heterocycles. The predicted octanol–water partition coefficient (Wildman–Crippen LogP) is 2.96. The summed E-state index contributed by atoms with van der Waals surface area (Å²) in [5.41, 5.74) is 7.39. The Bertz CT molecular complexity index is 1250. The Labute approximate surface area is 202 Å². The van der Waals surface area contributed by atoms with Crippen molar-refractivity contribution in [2.75, 3.05) is 12.3 Å². The van der Waals surface area contributed by atoms with Crippen molar-refractivity contribution >= 4 is 45.9 Å². The fraction of sp³-hybridized carbons (Fsp3) is 0.280. The van der Waals surface area contributed by atoms with Crippen molar-refractivity contribution < 1.29 is 14.4 Å². The summed E-state index contributed by atoms with van der Waals surface area (Å²) in [7, 11) is 0. The first kappa shape index (κ1) is 23.5. The number of hydrogen-bond donors (Lipinski definition) is 3. The number of nitrogen functional groups attached to an aromatic ring is 1. The van der Waals surface area contributed by atoms with Crippen LogP contribution >= 0.6 is 11.6 Å². The number of carbonyl (C=O) groups excluding carboxylic acids is 3. The van der Waals surface area contributed by atoms with Crippen LogP contribution in [0.4, 0.5) is 5.82 Å². The molecule has 1 fully saturated rings. The van der Waals surface area contributed by atoms with Crippen molar-refractivity contribution in [2.45, 2.75) is 38.4 Å². The molecular weight excluding hydrogens is 454 g/mol. The fourth-order valence-corrected chi connectivity index (χ4v) is 4.51. The molecule has 1 aliphatic rings. The second-order valence-electron chi connectivity index (χ2n) is 8.35. The molecule has 9 heteroatoms. The van der Waals surface area contributed by atoms with Crippen LogP contribution in [0.3, 0.4) is 0 Å². The van der Waals surface area contributed by atoms with E-state index in [1.54, 1.807) is 35.4 Å². The smallest absolute Gasteiger partial charge is 0.250 e. The molecule has 1 saturated heterocycles. The second kappa shape index (κ2) is 10.1. The van der Waals surface area contributed by atoms with Crippen molar-refractivity contribution in [3.63, 3.8) is 0 Å². The lowest BCUT2D eigenvalue weighted by molar-refractivity contribution is -0.141. The van der Waals surface area contributed by atoms with Gasteiger partial charge in [-0.2, -0.15) is 0 Å². The number of nitrogens with one attached hydrogen (secondary N) is 2. The van der Waals surface area contributed by atoms with Gasteiger partial charge in [-0.25, -0.2) is 4.98 Å². The first-order valence-electron chi connectivity index (χ1n) is 11.1. The Kier molecular flexibility index (Phi) is 6.98. The minimum atomic E-state index is -0.913. The van der Waals surface area contributed by atoms with Crippen molar-refractivity contribution in [3.8, 4) is 0 Å². The van der Waals surface area contributed by atoms with Gasteiger partial charge in [0.15, 0.2) is 0 Å². The number of likely N-dealkylation sites (tertiary alicyclic amines) is 1. The number of amides is 3. The van der Waals surface area contributed by atoms with Crippen LogP contribution in [0.2, 0.25) is 5.02 Å². The number of aromatic nitrogens is 1. The summed E-state index contributed by atoms with van der Waals surface area (Å²) >= 11 is 6.10. The molecule has 2 aromatic carbocycles. The number of halogens is 1. The van der Waals surface area contributed by atoms with Crippen LogP contribution in [0.25, 0.3) is 10.8 Å². The highest BCUT2D eigenvalue weighted by Gasteiger charge is 2.38. The standard InChI is InChI=1S/C25H26ClN5O3/c1-15(32)30-22(18-4-2-5-19(26)13-18)25(34)31-11-3-6-21(31)24(33)29-14-16-7-8-20-17(12-16)9-10-28-23(20)27/h2,4-5,7-10,12-13,21-22H,3,6,11,14H2,1H3,(H2,27,28)(H,29,33)(H,30,32)/t21-,22?/m0/s1. The molecule has 8 nitrogen and oxygen atoms in total. The molecule has 1 aromatic heterocycles. The Morgan fingerprint density at radius 2 is 2.03 bits per heavy atom. The van der Waals surface area contributed by atoms with Crippen LogP contribution in [0.15, 0.2) is 54.7 Å². The first-order valence-corrected chi connectivity index (χ1v) is 11.4. The van der Waals surface area contributed by atoms with Crippen molar-refractivity contribution in [2.24, 2.45) is 0 Å². The number of rotatable bonds is 6. The van der Waals surface area contributed by atoms with E-state index in [2.05, 4.69) is 15.6 Å². The Morgan fingerprint density at radius 3 is 2.79 bits per heavy atom. The summed E-state index contributed by atoms with van der Waals surface area (Å²) in [6.45, 7) is 2.11. The van der Waals surface area contributed by atoms with Crippen molar-refractivity contribution in [1.82, 2.24) is 20.5 Å². The number of anilines is 1. The van der Waals surface area contributed by atoms with Crippen molar-refractivity contribution in [1.29, 1.82) is 0 Å². The molecule has 0 radical (unpaired) electrons. The summed E-state index contributed by atoms with van der Waals surface area (Å²) in [5, 5.41) is 7.91. The van der Waals surface area contributed by atoms with Gasteiger partial charge >= 0.3 is 0 Å². The molecule has 2 heterocycles. The van der Waals surface area contributed by atoms with Crippen LogP contribution in [-0.2, 0) is 20.9 Å². The van der Waals surface area contributed by atoms with Crippen LogP contribution in [0, 0.1) is 0 Å². The average Bonchev–Trinajstić information content (AvgIpc) is 3.31. The molecule has 4 N–H and O–H groups in total. The average molecular weight is 480 g/mol. The third kappa shape index (κ3) is 5.12. The van der Waals surface area contributed by atoms with E-state index in [4.69, 9.17) is 17.3 Å². The Hall–Kier alpha value is -3.65. The van der Waals surface area contributed by atoms with Crippen molar-refractivity contribution in [3.05, 3.63) is 70.9 Å². The molecule has 1 unspecified atom stereocenters. The number of pyridine rings is 1. The first-order chi connectivity index (χ1) is 16.3. The summed E-state index contributed by atoms with van der Waals surface area (Å²) in [6, 6.07) is 12.9. The third-order valence-electron chi connectivity index (χ3n) is 5.94. The summed E-state index contributed by atoms with van der Waals surface area (Å²) in [4.78, 5) is 43.9. The molecule has 0 aliphatic carbocycles. The van der Waals surface area contributed by atoms with Gasteiger partial charge in [0.2, 0.25) is 17.7 Å². The highest BCUT2D eigenvalue weighted by atomic mass is 35.5. The molecule has 2 atom stereocenters. The van der Waals surface area contributed by atoms with Gasteiger partial charge in [0.25, 0.3) is 0 Å². The van der Waals surface area contributed by atoms with Gasteiger partial charge in [-0.05, 0) is 53.6 Å². The maximum absolute atomic E-state index is 13.4. The van der Waals surface area contributed by atoms with Crippen LogP contribution in [-0.4, -0.2) is 40.2 Å². The van der Waals surface area contributed by atoms with E-state index in [-0.39, 0.29) is 17.7 Å². The van der Waals surface area contributed by atoms with E-state index in [0.717, 1.165) is 16.3 Å². The van der Waals surface area contributed by atoms with Gasteiger partial charge in [0, 0.05) is 36.6 Å². The van der Waals surface area contributed by atoms with Gasteiger partial charge in [-0.3, -0.25) is 14.4 Å². The summed E-state index contributed by atoms with van der Waals surface area (Å²) in [5.74, 6) is -0.441. The van der Waals surface area contributed by atoms with E-state index >= 15 is 0 Å². The molecule has 4 rings (SSSR count). The van der Waals surface area contributed by atoms with E-state index in [1.807, 2.05) is 24.3 Å². The molecular formula is C25H26ClN5O3. The molecule has 176 valence electrons. The largest absolute Gasteiger partial charge is 0.383 e. The van der Waals surface area contributed by atoms with E-state index in [9.17, 15) is 14.4 Å². The van der Waals surface area contributed by atoms with Gasteiger partial charge < -0.3 is 21.3 Å². The molecule has 3 amide bonds. The zero-order valence-electron chi connectivity index (χ0n) is 18.8. The molecule has 34 heavy (non-hydrogen) atoms. The molecule has 3 aromatic rings. The molecule has 0 saturated carbocycles. The minimum absolute atomic E-state index is 0.229. The minimum Gasteiger partial charge on any atom is -0.383 e. The highest BCUT2D eigenvalue weighted by molar-refractivity contribution is 6.30. The predicted molar refractivity (Wildman–Crippen MR) is 131 cm³/mol. The van der Waals surface area contributed by atoms with Gasteiger partial charge in [-0.1, -0.05) is 35.9 Å². The van der Waals surface area contributed by atoms with E-state index in [0.29, 0.717) is 42.3 Å². The van der Waals surface area contributed by atoms with Gasteiger partial charge in [0.1, 0.15) is 17.9 Å². The second-order valence-corrected chi connectivity index (χ2v) is 8.78. The molecule has 0 spiro atoms. The quantitative estimate of drug-likeness (QED) is 0.502. The van der Waals surface area contributed by atoms with E-state index < -0.39 is 12.1 Å². The third-order valence-corrected chi connectivity index (χ3v) is 6.18. The van der Waals surface area contributed by atoms with Gasteiger partial charge in [-0.15, -0.1) is 0 Å². The number of fused-ring (bicyclic) bond motifs is 1. The maximum Gasteiger partial charge on any atom is 0.250 e. The lowest BCUT2D eigenvalue weighted by Gasteiger charge is -2.29. The zero-order valence-corrected chi connectivity index (χ0v) is 19.5. The summed E-state index contributed by atoms with van der Waals surface area (Å²) in [6.07, 6.45) is 2.90. The van der Waals surface area contributed by atoms with Crippen LogP contribution < -0.4 is 16.4 Å². The highest BCUT2D eigenvalue weighted by Crippen LogP contribution is 2.26. The number of hydrogen-bond acceptors (Lipinski definition) is 5. The SMILES string of the molecule is CC(=O)NC(C(=O)N1CCC[C@H]1C(=O)NCc1ccc2c(N)nccc2c1)c1cccc(Cl)c1. The Balaban J connectivity index is 1.47. The summed E-state index contributed by atoms with van der Waals surface area (Å²) < 4.78 is 0. The van der Waals surface area contributed by atoms with Gasteiger partial charge in [0.05, 0.1) is 0 Å². The maximum atomic E-state index is 13.4. The Morgan fingerprint density at radius 1 is 1.21 bits per heavy atom. The number of carbonyl (C=O) groups is 3. The zero-order chi connectivity index (χ0) is 24.2. The number of benzene rings is 2. The lowest BCUT2D eigenvalue weighted by Crippen LogP contribution is -2.49. The van der Waals surface area contributed by atoms with E-state index in [1.165, 1.54) is 6.92 Å².